The van der Waals surface area contributed by atoms with Gasteiger partial charge in [-0.15, -0.1) is 0 Å². The quantitative estimate of drug-likeness (QED) is 0.707. The molecular formula is C22H26ClN5O4. The summed E-state index contributed by atoms with van der Waals surface area (Å²) in [5, 5.41) is 20.3. The molecule has 2 amide bonds. The van der Waals surface area contributed by atoms with Gasteiger partial charge < -0.3 is 20.0 Å². The van der Waals surface area contributed by atoms with Crippen molar-refractivity contribution in [3.8, 4) is 0 Å². The second-order valence-electron chi connectivity index (χ2n) is 8.18. The number of aromatic nitrogens is 2. The summed E-state index contributed by atoms with van der Waals surface area (Å²) in [5.41, 5.74) is 2.19. The maximum Gasteiger partial charge on any atom is 0.411 e. The summed E-state index contributed by atoms with van der Waals surface area (Å²) in [4.78, 5) is 38.2. The third-order valence-corrected chi connectivity index (χ3v) is 6.38. The van der Waals surface area contributed by atoms with E-state index in [1.54, 1.807) is 29.2 Å². The Hall–Kier alpha value is -2.91. The molecule has 1 aromatic heterocycles. The zero-order valence-corrected chi connectivity index (χ0v) is 18.6. The standard InChI is InChI=1S/C22H26ClN5O4/c1-14-12-17(29)20-19(14)21(25-13-24-20)27-10-8-26(9-11-27)18(30)6-7-28(22(31)32)16-4-2-15(23)3-5-16/h2-5,13-14,17,29H,6-12H2,1H3,(H,31,32)/t14-,17-/m1/s1. The van der Waals surface area contributed by atoms with Gasteiger partial charge in [0.15, 0.2) is 0 Å². The molecule has 2 aliphatic rings. The van der Waals surface area contributed by atoms with Crippen LogP contribution in [0.25, 0.3) is 0 Å². The van der Waals surface area contributed by atoms with E-state index in [9.17, 15) is 19.8 Å². The Labute approximate surface area is 191 Å². The Morgan fingerprint density at radius 2 is 1.84 bits per heavy atom. The summed E-state index contributed by atoms with van der Waals surface area (Å²) < 4.78 is 0. The van der Waals surface area contributed by atoms with E-state index in [-0.39, 0.29) is 24.8 Å². The first-order valence-electron chi connectivity index (χ1n) is 10.7. The number of carbonyl (C=O) groups excluding carboxylic acids is 1. The van der Waals surface area contributed by atoms with Crippen molar-refractivity contribution >= 4 is 35.1 Å². The third kappa shape index (κ3) is 4.49. The summed E-state index contributed by atoms with van der Waals surface area (Å²) in [6.45, 7) is 4.45. The number of halogens is 1. The molecule has 1 aliphatic carbocycles. The van der Waals surface area contributed by atoms with Gasteiger partial charge in [-0.05, 0) is 36.6 Å². The number of hydrogen-bond acceptors (Lipinski definition) is 6. The topological polar surface area (TPSA) is 110 Å². The zero-order valence-electron chi connectivity index (χ0n) is 17.8. The summed E-state index contributed by atoms with van der Waals surface area (Å²) >= 11 is 5.88. The molecule has 1 saturated heterocycles. The number of amides is 2. The lowest BCUT2D eigenvalue weighted by Gasteiger charge is -2.36. The Bertz CT molecular complexity index is 994. The predicted octanol–water partition coefficient (Wildman–Crippen LogP) is 2.89. The van der Waals surface area contributed by atoms with Crippen molar-refractivity contribution in [1.82, 2.24) is 14.9 Å². The van der Waals surface area contributed by atoms with Crippen LogP contribution in [0.15, 0.2) is 30.6 Å². The molecule has 0 bridgehead atoms. The monoisotopic (exact) mass is 459 g/mol. The first-order chi connectivity index (χ1) is 15.3. The molecule has 10 heteroatoms. The number of aliphatic hydroxyl groups excluding tert-OH is 1. The van der Waals surface area contributed by atoms with E-state index in [1.165, 1.54) is 6.33 Å². The van der Waals surface area contributed by atoms with E-state index < -0.39 is 12.2 Å². The zero-order chi connectivity index (χ0) is 22.8. The largest absolute Gasteiger partial charge is 0.465 e. The van der Waals surface area contributed by atoms with Crippen LogP contribution in [0.2, 0.25) is 5.02 Å². The smallest absolute Gasteiger partial charge is 0.411 e. The Morgan fingerprint density at radius 1 is 1.16 bits per heavy atom. The van der Waals surface area contributed by atoms with E-state index in [1.807, 2.05) is 0 Å². The van der Waals surface area contributed by atoms with Gasteiger partial charge in [0.1, 0.15) is 12.1 Å². The molecule has 1 fully saturated rings. The fourth-order valence-electron chi connectivity index (χ4n) is 4.44. The highest BCUT2D eigenvalue weighted by atomic mass is 35.5. The van der Waals surface area contributed by atoms with Gasteiger partial charge in [0.05, 0.1) is 11.8 Å². The molecule has 170 valence electrons. The second-order valence-corrected chi connectivity index (χ2v) is 8.61. The van der Waals surface area contributed by atoms with Crippen LogP contribution in [0.1, 0.15) is 43.0 Å². The highest BCUT2D eigenvalue weighted by Gasteiger charge is 2.34. The molecule has 2 N–H and O–H groups in total. The predicted molar refractivity (Wildman–Crippen MR) is 120 cm³/mol. The molecule has 32 heavy (non-hydrogen) atoms. The van der Waals surface area contributed by atoms with Crippen LogP contribution >= 0.6 is 11.6 Å². The molecule has 0 radical (unpaired) electrons. The highest BCUT2D eigenvalue weighted by molar-refractivity contribution is 6.30. The number of aliphatic hydroxyl groups is 1. The van der Waals surface area contributed by atoms with Crippen molar-refractivity contribution in [2.75, 3.05) is 42.5 Å². The van der Waals surface area contributed by atoms with Crippen molar-refractivity contribution in [2.24, 2.45) is 0 Å². The SMILES string of the molecule is C[C@@H]1C[C@@H](O)c2ncnc(N3CCN(C(=O)CCN(C(=O)O)c4ccc(Cl)cc4)CC3)c21. The Balaban J connectivity index is 1.35. The van der Waals surface area contributed by atoms with Crippen molar-refractivity contribution in [3.63, 3.8) is 0 Å². The van der Waals surface area contributed by atoms with E-state index >= 15 is 0 Å². The van der Waals surface area contributed by atoms with Gasteiger partial charge in [-0.2, -0.15) is 0 Å². The van der Waals surface area contributed by atoms with Crippen LogP contribution in [0.3, 0.4) is 0 Å². The van der Waals surface area contributed by atoms with Gasteiger partial charge >= 0.3 is 6.09 Å². The van der Waals surface area contributed by atoms with Crippen molar-refractivity contribution in [1.29, 1.82) is 0 Å². The number of benzene rings is 1. The van der Waals surface area contributed by atoms with Crippen LogP contribution in [0, 0.1) is 0 Å². The van der Waals surface area contributed by atoms with Crippen LogP contribution < -0.4 is 9.80 Å². The first-order valence-corrected chi connectivity index (χ1v) is 11.0. The number of rotatable bonds is 5. The fraction of sp³-hybridized carbons (Fsp3) is 0.455. The van der Waals surface area contributed by atoms with Gasteiger partial charge in [0, 0.05) is 55.4 Å². The number of nitrogens with zero attached hydrogens (tertiary/aromatic N) is 5. The van der Waals surface area contributed by atoms with Crippen LogP contribution in [0.4, 0.5) is 16.3 Å². The van der Waals surface area contributed by atoms with Crippen LogP contribution in [-0.2, 0) is 4.79 Å². The molecule has 2 heterocycles. The molecule has 2 atom stereocenters. The third-order valence-electron chi connectivity index (χ3n) is 6.13. The lowest BCUT2D eigenvalue weighted by atomic mass is 10.1. The summed E-state index contributed by atoms with van der Waals surface area (Å²) in [7, 11) is 0. The second kappa shape index (κ2) is 9.30. The maximum atomic E-state index is 12.7. The first kappa shape index (κ1) is 22.3. The van der Waals surface area contributed by atoms with Crippen LogP contribution in [-0.4, -0.2) is 69.8 Å². The number of anilines is 2. The number of carbonyl (C=O) groups is 2. The normalized spacial score (nSPS) is 20.2. The van der Waals surface area contributed by atoms with E-state index in [2.05, 4.69) is 21.8 Å². The minimum absolute atomic E-state index is 0.0742. The highest BCUT2D eigenvalue weighted by Crippen LogP contribution is 2.42. The lowest BCUT2D eigenvalue weighted by molar-refractivity contribution is -0.131. The summed E-state index contributed by atoms with van der Waals surface area (Å²) in [5.74, 6) is 0.943. The van der Waals surface area contributed by atoms with Gasteiger partial charge in [-0.1, -0.05) is 18.5 Å². The molecular weight excluding hydrogens is 434 g/mol. The lowest BCUT2D eigenvalue weighted by Crippen LogP contribution is -2.50. The van der Waals surface area contributed by atoms with Gasteiger partial charge in [-0.25, -0.2) is 14.8 Å². The molecule has 2 aromatic rings. The van der Waals surface area contributed by atoms with Crippen molar-refractivity contribution in [3.05, 3.63) is 46.9 Å². The number of carboxylic acid groups (broad SMARTS) is 1. The molecule has 1 aliphatic heterocycles. The molecule has 9 nitrogen and oxygen atoms in total. The Kier molecular flexibility index (Phi) is 6.48. The summed E-state index contributed by atoms with van der Waals surface area (Å²) in [6.07, 6.45) is 0.569. The van der Waals surface area contributed by atoms with E-state index in [0.717, 1.165) is 16.3 Å². The van der Waals surface area contributed by atoms with Crippen LogP contribution in [0.5, 0.6) is 0 Å². The molecule has 0 spiro atoms. The molecule has 0 saturated carbocycles. The molecule has 0 unspecified atom stereocenters. The van der Waals surface area contributed by atoms with E-state index in [4.69, 9.17) is 11.6 Å². The minimum atomic E-state index is -1.11. The number of fused-ring (bicyclic) bond motifs is 1. The molecule has 1 aromatic carbocycles. The maximum absolute atomic E-state index is 12.7. The minimum Gasteiger partial charge on any atom is -0.465 e. The Morgan fingerprint density at radius 3 is 2.50 bits per heavy atom. The number of piperazine rings is 1. The average molecular weight is 460 g/mol. The fourth-order valence-corrected chi connectivity index (χ4v) is 4.57. The van der Waals surface area contributed by atoms with Gasteiger partial charge in [0.25, 0.3) is 0 Å². The van der Waals surface area contributed by atoms with E-state index in [0.29, 0.717) is 49.0 Å². The van der Waals surface area contributed by atoms with Crippen molar-refractivity contribution < 1.29 is 19.8 Å². The molecule has 4 rings (SSSR count). The van der Waals surface area contributed by atoms with Gasteiger partial charge in [-0.3, -0.25) is 9.69 Å². The number of hydrogen-bond donors (Lipinski definition) is 2. The van der Waals surface area contributed by atoms with Crippen molar-refractivity contribution in [2.45, 2.75) is 31.8 Å². The average Bonchev–Trinajstić information content (AvgIpc) is 3.08. The summed E-state index contributed by atoms with van der Waals surface area (Å²) in [6, 6.07) is 6.49. The van der Waals surface area contributed by atoms with Gasteiger partial charge in [0.2, 0.25) is 5.91 Å².